The van der Waals surface area contributed by atoms with Crippen LogP contribution >= 0.6 is 0 Å². The zero-order chi connectivity index (χ0) is 13.9. The van der Waals surface area contributed by atoms with Gasteiger partial charge in [0.15, 0.2) is 0 Å². The van der Waals surface area contributed by atoms with Crippen LogP contribution in [0.5, 0.6) is 5.75 Å². The number of piperidine rings is 1. The highest BCUT2D eigenvalue weighted by molar-refractivity contribution is 5.49. The number of benzene rings is 1. The summed E-state index contributed by atoms with van der Waals surface area (Å²) in [5.74, 6) is 0.615. The normalized spacial score (nSPS) is 17.6. The van der Waals surface area contributed by atoms with Crippen LogP contribution < -0.4 is 9.64 Å². The molecule has 1 aliphatic heterocycles. The summed E-state index contributed by atoms with van der Waals surface area (Å²) in [5.41, 5.74) is 0.962. The van der Waals surface area contributed by atoms with Gasteiger partial charge in [0, 0.05) is 18.8 Å². The van der Waals surface area contributed by atoms with Crippen molar-refractivity contribution in [2.45, 2.75) is 32.5 Å². The Morgan fingerprint density at radius 1 is 1.16 bits per heavy atom. The number of hydrogen-bond acceptors (Lipinski definition) is 2. The number of ether oxygens (including phenoxy) is 1. The molecule has 19 heavy (non-hydrogen) atoms. The molecule has 1 aromatic rings. The van der Waals surface area contributed by atoms with Gasteiger partial charge in [-0.2, -0.15) is 0 Å². The van der Waals surface area contributed by atoms with Crippen LogP contribution in [0, 0.1) is 5.92 Å². The first-order valence-electron chi connectivity index (χ1n) is 6.58. The quantitative estimate of drug-likeness (QED) is 0.818. The molecule has 0 aliphatic carbocycles. The molecule has 106 valence electrons. The molecule has 1 heterocycles. The molecule has 1 saturated heterocycles. The fourth-order valence-corrected chi connectivity index (χ4v) is 2.46. The predicted molar refractivity (Wildman–Crippen MR) is 68.4 cm³/mol. The summed E-state index contributed by atoms with van der Waals surface area (Å²) >= 11 is 0. The van der Waals surface area contributed by atoms with E-state index in [1.807, 2.05) is 0 Å². The molecule has 0 saturated carbocycles. The summed E-state index contributed by atoms with van der Waals surface area (Å²) in [6.45, 7) is 4.14. The summed E-state index contributed by atoms with van der Waals surface area (Å²) < 4.78 is 40.0. The van der Waals surface area contributed by atoms with Gasteiger partial charge in [-0.25, -0.2) is 0 Å². The summed E-state index contributed by atoms with van der Waals surface area (Å²) in [6, 6.07) is 6.12. The lowest BCUT2D eigenvalue weighted by atomic mass is 9.94. The van der Waals surface area contributed by atoms with Gasteiger partial charge in [0.1, 0.15) is 5.75 Å². The second-order valence-electron chi connectivity index (χ2n) is 4.88. The topological polar surface area (TPSA) is 12.5 Å². The standard InChI is InChI=1S/C14H18F3NO/c1-2-11-7-9-18(10-8-11)12-3-5-13(6-4-12)19-14(15,16)17/h3-6,11H,2,7-10H2,1H3. The van der Waals surface area contributed by atoms with Crippen LogP contribution in [0.25, 0.3) is 0 Å². The monoisotopic (exact) mass is 273 g/mol. The van der Waals surface area contributed by atoms with Crippen molar-refractivity contribution in [2.75, 3.05) is 18.0 Å². The molecular weight excluding hydrogens is 255 g/mol. The minimum absolute atomic E-state index is 0.167. The Balaban J connectivity index is 1.95. The zero-order valence-corrected chi connectivity index (χ0v) is 10.9. The molecule has 1 aliphatic rings. The van der Waals surface area contributed by atoms with Gasteiger partial charge in [0.25, 0.3) is 0 Å². The fourth-order valence-electron chi connectivity index (χ4n) is 2.46. The average molecular weight is 273 g/mol. The average Bonchev–Trinajstić information content (AvgIpc) is 2.38. The molecular formula is C14H18F3NO. The van der Waals surface area contributed by atoms with Crippen molar-refractivity contribution in [3.8, 4) is 5.75 Å². The highest BCUT2D eigenvalue weighted by Gasteiger charge is 2.31. The molecule has 0 unspecified atom stereocenters. The highest BCUT2D eigenvalue weighted by atomic mass is 19.4. The van der Waals surface area contributed by atoms with E-state index < -0.39 is 6.36 Å². The van der Waals surface area contributed by atoms with E-state index in [4.69, 9.17) is 0 Å². The molecule has 0 radical (unpaired) electrons. The lowest BCUT2D eigenvalue weighted by Crippen LogP contribution is -2.33. The van der Waals surface area contributed by atoms with Gasteiger partial charge >= 0.3 is 6.36 Å². The minimum Gasteiger partial charge on any atom is -0.406 e. The Morgan fingerprint density at radius 3 is 2.21 bits per heavy atom. The fraction of sp³-hybridized carbons (Fsp3) is 0.571. The van der Waals surface area contributed by atoms with Crippen molar-refractivity contribution in [3.05, 3.63) is 24.3 Å². The smallest absolute Gasteiger partial charge is 0.406 e. The van der Waals surface area contributed by atoms with Crippen LogP contribution in [0.1, 0.15) is 26.2 Å². The molecule has 0 bridgehead atoms. The lowest BCUT2D eigenvalue weighted by molar-refractivity contribution is -0.274. The first-order chi connectivity index (χ1) is 8.98. The number of hydrogen-bond donors (Lipinski definition) is 0. The number of rotatable bonds is 3. The number of alkyl halides is 3. The maximum absolute atomic E-state index is 12.0. The van der Waals surface area contributed by atoms with Gasteiger partial charge < -0.3 is 9.64 Å². The van der Waals surface area contributed by atoms with E-state index in [1.165, 1.54) is 18.6 Å². The van der Waals surface area contributed by atoms with Crippen LogP contribution in [0.2, 0.25) is 0 Å². The first-order valence-corrected chi connectivity index (χ1v) is 6.58. The van der Waals surface area contributed by atoms with E-state index in [9.17, 15) is 13.2 Å². The van der Waals surface area contributed by atoms with Crippen molar-refractivity contribution in [1.82, 2.24) is 0 Å². The summed E-state index contributed by atoms with van der Waals surface area (Å²) in [5, 5.41) is 0. The third kappa shape index (κ3) is 4.04. The molecule has 2 rings (SSSR count). The van der Waals surface area contributed by atoms with Gasteiger partial charge in [-0.1, -0.05) is 13.3 Å². The predicted octanol–water partition coefficient (Wildman–Crippen LogP) is 4.21. The zero-order valence-electron chi connectivity index (χ0n) is 10.9. The van der Waals surface area contributed by atoms with Crippen LogP contribution in [0.3, 0.4) is 0 Å². The first kappa shape index (κ1) is 14.0. The van der Waals surface area contributed by atoms with Gasteiger partial charge in [-0.05, 0) is 43.0 Å². The van der Waals surface area contributed by atoms with Crippen LogP contribution in [0.4, 0.5) is 18.9 Å². The Hall–Kier alpha value is -1.39. The second kappa shape index (κ2) is 5.72. The van der Waals surface area contributed by atoms with E-state index in [1.54, 1.807) is 12.1 Å². The van der Waals surface area contributed by atoms with Crippen molar-refractivity contribution < 1.29 is 17.9 Å². The van der Waals surface area contributed by atoms with Crippen LogP contribution in [-0.2, 0) is 0 Å². The summed E-state index contributed by atoms with van der Waals surface area (Å²) in [7, 11) is 0. The van der Waals surface area contributed by atoms with E-state index in [-0.39, 0.29) is 5.75 Å². The molecule has 0 atom stereocenters. The van der Waals surface area contributed by atoms with Gasteiger partial charge in [-0.3, -0.25) is 0 Å². The van der Waals surface area contributed by atoms with E-state index in [0.717, 1.165) is 37.5 Å². The molecule has 5 heteroatoms. The maximum atomic E-state index is 12.0. The SMILES string of the molecule is CCC1CCN(c2ccc(OC(F)(F)F)cc2)CC1. The Labute approximate surface area is 111 Å². The van der Waals surface area contributed by atoms with E-state index in [2.05, 4.69) is 16.6 Å². The van der Waals surface area contributed by atoms with Crippen molar-refractivity contribution in [1.29, 1.82) is 0 Å². The third-order valence-electron chi connectivity index (χ3n) is 3.63. The molecule has 0 aromatic heterocycles. The number of nitrogens with zero attached hydrogens (tertiary/aromatic N) is 1. The van der Waals surface area contributed by atoms with Crippen molar-refractivity contribution in [2.24, 2.45) is 5.92 Å². The van der Waals surface area contributed by atoms with E-state index in [0.29, 0.717) is 0 Å². The van der Waals surface area contributed by atoms with Gasteiger partial charge in [0.05, 0.1) is 0 Å². The second-order valence-corrected chi connectivity index (χ2v) is 4.88. The number of halogens is 3. The molecule has 2 nitrogen and oxygen atoms in total. The third-order valence-corrected chi connectivity index (χ3v) is 3.63. The lowest BCUT2D eigenvalue weighted by Gasteiger charge is -2.33. The van der Waals surface area contributed by atoms with Gasteiger partial charge in [0.2, 0.25) is 0 Å². The summed E-state index contributed by atoms with van der Waals surface area (Å²) in [4.78, 5) is 2.21. The van der Waals surface area contributed by atoms with E-state index >= 15 is 0 Å². The van der Waals surface area contributed by atoms with Crippen LogP contribution in [0.15, 0.2) is 24.3 Å². The molecule has 0 spiro atoms. The molecule has 1 aromatic carbocycles. The Morgan fingerprint density at radius 2 is 1.74 bits per heavy atom. The minimum atomic E-state index is -4.62. The molecule has 0 amide bonds. The molecule has 1 fully saturated rings. The number of anilines is 1. The van der Waals surface area contributed by atoms with Crippen molar-refractivity contribution in [3.63, 3.8) is 0 Å². The summed E-state index contributed by atoms with van der Waals surface area (Å²) in [6.07, 6.45) is -1.12. The maximum Gasteiger partial charge on any atom is 0.573 e. The Kier molecular flexibility index (Phi) is 4.22. The largest absolute Gasteiger partial charge is 0.573 e. The molecule has 0 N–H and O–H groups in total. The van der Waals surface area contributed by atoms with Gasteiger partial charge in [-0.15, -0.1) is 13.2 Å². The Bertz CT molecular complexity index is 394. The van der Waals surface area contributed by atoms with Crippen LogP contribution in [-0.4, -0.2) is 19.5 Å². The van der Waals surface area contributed by atoms with Crippen molar-refractivity contribution >= 4 is 5.69 Å². The highest BCUT2D eigenvalue weighted by Crippen LogP contribution is 2.28.